The molecule has 0 rings (SSSR count). The number of phosphoric acid groups is 2. The number of aliphatic hydroxyl groups excluding tert-OH is 1. The van der Waals surface area contributed by atoms with Crippen molar-refractivity contribution < 1.29 is 80.2 Å². The topological polar surface area (TPSA) is 237 Å². The monoisotopic (exact) mass is 1170 g/mol. The summed E-state index contributed by atoms with van der Waals surface area (Å²) in [5.74, 6) is -1.41. The maximum atomic E-state index is 12.9. The summed E-state index contributed by atoms with van der Waals surface area (Å²) in [7, 11) is -9.87. The Morgan fingerprint density at radius 3 is 0.899 bits per heavy atom. The summed E-state index contributed by atoms with van der Waals surface area (Å²) in [5, 5.41) is 10.5. The molecule has 0 aromatic rings. The van der Waals surface area contributed by atoms with Crippen LogP contribution < -0.4 is 0 Å². The number of unbranched alkanes of at least 4 members (excludes halogenated alkanes) is 31. The van der Waals surface area contributed by atoms with Crippen LogP contribution in [-0.2, 0) is 65.4 Å². The molecule has 0 heterocycles. The predicted molar refractivity (Wildman–Crippen MR) is 312 cm³/mol. The van der Waals surface area contributed by atoms with Crippen LogP contribution in [0.25, 0.3) is 0 Å². The van der Waals surface area contributed by atoms with E-state index in [0.29, 0.717) is 25.7 Å². The van der Waals surface area contributed by atoms with E-state index in [1.807, 2.05) is 0 Å². The molecule has 0 aromatic heterocycles. The van der Waals surface area contributed by atoms with Gasteiger partial charge in [0.2, 0.25) is 0 Å². The number of hydrogen-bond acceptors (Lipinski definition) is 15. The molecule has 0 bridgehead atoms. The van der Waals surface area contributed by atoms with Crippen molar-refractivity contribution in [2.24, 2.45) is 5.92 Å². The Balaban J connectivity index is 5.21. The molecule has 3 unspecified atom stereocenters. The van der Waals surface area contributed by atoms with Gasteiger partial charge in [0.05, 0.1) is 26.4 Å². The number of rotatable bonds is 60. The van der Waals surface area contributed by atoms with Crippen LogP contribution in [0.2, 0.25) is 0 Å². The lowest BCUT2D eigenvalue weighted by molar-refractivity contribution is -0.161. The fourth-order valence-corrected chi connectivity index (χ4v) is 10.4. The highest BCUT2D eigenvalue weighted by molar-refractivity contribution is 7.47. The smallest absolute Gasteiger partial charge is 0.462 e. The number of hydrogen-bond donors (Lipinski definition) is 3. The fraction of sp³-hybridized carbons (Fsp3) is 0.933. The molecule has 0 spiro atoms. The molecular weight excluding hydrogens is 1050 g/mol. The van der Waals surface area contributed by atoms with Crippen molar-refractivity contribution in [3.05, 3.63) is 0 Å². The number of carbonyl (C=O) groups is 4. The summed E-state index contributed by atoms with van der Waals surface area (Å²) in [6, 6.07) is 0. The van der Waals surface area contributed by atoms with E-state index in [1.165, 1.54) is 103 Å². The van der Waals surface area contributed by atoms with Crippen molar-refractivity contribution in [3.63, 3.8) is 0 Å². The lowest BCUT2D eigenvalue weighted by Gasteiger charge is -2.21. The quantitative estimate of drug-likeness (QED) is 0.0222. The fourth-order valence-electron chi connectivity index (χ4n) is 8.84. The Morgan fingerprint density at radius 1 is 0.354 bits per heavy atom. The van der Waals surface area contributed by atoms with Gasteiger partial charge < -0.3 is 33.8 Å². The molecule has 0 aliphatic rings. The molecular formula is C60H116O17P2. The number of aliphatic hydroxyl groups is 1. The molecule has 17 nitrogen and oxygen atoms in total. The summed E-state index contributed by atoms with van der Waals surface area (Å²) in [6.45, 7) is 7.07. The van der Waals surface area contributed by atoms with Gasteiger partial charge in [-0.15, -0.1) is 0 Å². The van der Waals surface area contributed by atoms with E-state index in [2.05, 4.69) is 34.6 Å². The van der Waals surface area contributed by atoms with Gasteiger partial charge in [-0.1, -0.05) is 247 Å². The number of ether oxygens (including phenoxy) is 4. The van der Waals surface area contributed by atoms with Crippen molar-refractivity contribution in [1.29, 1.82) is 0 Å². The minimum absolute atomic E-state index is 0.105. The lowest BCUT2D eigenvalue weighted by atomic mass is 10.00. The molecule has 0 aliphatic carbocycles. The normalized spacial score (nSPS) is 14.7. The van der Waals surface area contributed by atoms with Gasteiger partial charge in [-0.05, 0) is 31.6 Å². The van der Waals surface area contributed by atoms with Crippen LogP contribution in [0.3, 0.4) is 0 Å². The second kappa shape index (κ2) is 54.0. The Bertz CT molecular complexity index is 1550. The van der Waals surface area contributed by atoms with Gasteiger partial charge >= 0.3 is 39.5 Å². The van der Waals surface area contributed by atoms with Crippen LogP contribution in [0.5, 0.6) is 0 Å². The number of esters is 4. The first-order valence-electron chi connectivity index (χ1n) is 31.7. The van der Waals surface area contributed by atoms with Gasteiger partial charge in [-0.3, -0.25) is 37.3 Å². The van der Waals surface area contributed by atoms with E-state index in [0.717, 1.165) is 115 Å². The summed E-state index contributed by atoms with van der Waals surface area (Å²) < 4.78 is 67.7. The third-order valence-electron chi connectivity index (χ3n) is 14.1. The van der Waals surface area contributed by atoms with Gasteiger partial charge in [-0.2, -0.15) is 0 Å². The van der Waals surface area contributed by atoms with E-state index in [9.17, 15) is 43.2 Å². The van der Waals surface area contributed by atoms with Crippen LogP contribution in [0.1, 0.15) is 298 Å². The molecule has 0 saturated carbocycles. The van der Waals surface area contributed by atoms with E-state index in [4.69, 9.17) is 37.0 Å². The molecule has 3 N–H and O–H groups in total. The Hall–Kier alpha value is -1.94. The lowest BCUT2D eigenvalue weighted by Crippen LogP contribution is -2.30. The second-order valence-electron chi connectivity index (χ2n) is 22.0. The van der Waals surface area contributed by atoms with E-state index < -0.39 is 97.5 Å². The van der Waals surface area contributed by atoms with Crippen LogP contribution >= 0.6 is 15.6 Å². The van der Waals surface area contributed by atoms with Gasteiger partial charge in [0.1, 0.15) is 19.3 Å². The van der Waals surface area contributed by atoms with E-state index >= 15 is 0 Å². The molecule has 79 heavy (non-hydrogen) atoms. The molecule has 6 atom stereocenters. The molecule has 0 saturated heterocycles. The molecule has 0 aliphatic heterocycles. The highest BCUT2D eigenvalue weighted by atomic mass is 31.2. The third-order valence-corrected chi connectivity index (χ3v) is 16.0. The summed E-state index contributed by atoms with van der Waals surface area (Å²) >= 11 is 0. The van der Waals surface area contributed by atoms with Crippen molar-refractivity contribution >= 4 is 39.5 Å². The summed E-state index contributed by atoms with van der Waals surface area (Å²) in [4.78, 5) is 71.9. The maximum Gasteiger partial charge on any atom is 0.472 e. The van der Waals surface area contributed by atoms with Crippen molar-refractivity contribution in [1.82, 2.24) is 0 Å². The van der Waals surface area contributed by atoms with E-state index in [1.54, 1.807) is 0 Å². The predicted octanol–water partition coefficient (Wildman–Crippen LogP) is 16.2. The molecule has 0 amide bonds. The van der Waals surface area contributed by atoms with Crippen molar-refractivity contribution in [2.75, 3.05) is 39.6 Å². The minimum Gasteiger partial charge on any atom is -0.462 e. The zero-order valence-corrected chi connectivity index (χ0v) is 52.3. The van der Waals surface area contributed by atoms with Crippen molar-refractivity contribution in [2.45, 2.75) is 316 Å². The Morgan fingerprint density at radius 2 is 0.608 bits per heavy atom. The molecule has 0 aromatic carbocycles. The Kier molecular flexibility index (Phi) is 52.7. The zero-order chi connectivity index (χ0) is 58.5. The SMILES string of the molecule is CCCCCCCCCCCCCCCC(=O)O[C@H](COC(=O)CCCCCCCCC(C)CC)COP(=O)(O)OC[C@@H](O)COP(=O)(O)OC[C@@H](COC(=O)CCCCCCCCCC)OC(=O)CCCCCCCCCC. The molecule has 19 heteroatoms. The van der Waals surface area contributed by atoms with E-state index in [-0.39, 0.29) is 25.7 Å². The third kappa shape index (κ3) is 53.8. The molecule has 0 fully saturated rings. The average Bonchev–Trinajstić information content (AvgIpc) is 3.42. The maximum absolute atomic E-state index is 12.9. The minimum atomic E-state index is -4.94. The van der Waals surface area contributed by atoms with Crippen LogP contribution in [-0.4, -0.2) is 96.7 Å². The van der Waals surface area contributed by atoms with Gasteiger partial charge in [-0.25, -0.2) is 9.13 Å². The van der Waals surface area contributed by atoms with Crippen LogP contribution in [0.15, 0.2) is 0 Å². The van der Waals surface area contributed by atoms with Crippen molar-refractivity contribution in [3.8, 4) is 0 Å². The standard InChI is InChI=1S/C60H116O17P2/c1-6-10-13-16-19-22-23-24-25-26-29-36-41-46-60(65)77-56(50-71-58(63)44-39-34-31-30-32-37-42-53(5)9-4)52-75-79(68,69)73-48-54(61)47-72-78(66,67)74-51-55(76-59(64)45-40-35-28-21-18-15-12-8-3)49-70-57(62)43-38-33-27-20-17-14-11-7-2/h53-56,61H,6-52H2,1-5H3,(H,66,67)(H,68,69)/t53?,54-,55+,56+/m0/s1. The summed E-state index contributed by atoms with van der Waals surface area (Å²) in [5.41, 5.74) is 0. The zero-order valence-electron chi connectivity index (χ0n) is 50.5. The highest BCUT2D eigenvalue weighted by Gasteiger charge is 2.30. The first kappa shape index (κ1) is 77.1. The first-order chi connectivity index (χ1) is 38.1. The number of carbonyl (C=O) groups excluding carboxylic acids is 4. The van der Waals surface area contributed by atoms with Gasteiger partial charge in [0, 0.05) is 25.7 Å². The molecule has 468 valence electrons. The van der Waals surface area contributed by atoms with Crippen LogP contribution in [0.4, 0.5) is 0 Å². The Labute approximate surface area is 479 Å². The second-order valence-corrected chi connectivity index (χ2v) is 24.9. The highest BCUT2D eigenvalue weighted by Crippen LogP contribution is 2.45. The first-order valence-corrected chi connectivity index (χ1v) is 34.7. The molecule has 0 radical (unpaired) electrons. The van der Waals surface area contributed by atoms with Crippen LogP contribution in [0, 0.1) is 5.92 Å². The van der Waals surface area contributed by atoms with Gasteiger partial charge in [0.25, 0.3) is 0 Å². The van der Waals surface area contributed by atoms with Gasteiger partial charge in [0.15, 0.2) is 12.2 Å². The average molecular weight is 1170 g/mol. The summed E-state index contributed by atoms with van der Waals surface area (Å²) in [6.07, 6.45) is 36.3. The number of phosphoric ester groups is 2. The largest absolute Gasteiger partial charge is 0.472 e.